The molecule has 0 spiro atoms. The Bertz CT molecular complexity index is 79.5. The number of hydrogen-bond acceptors (Lipinski definition) is 3. The smallest absolute Gasteiger partial charge is 0.211 e. The van der Waals surface area contributed by atoms with Gasteiger partial charge in [-0.2, -0.15) is 0 Å². The van der Waals surface area contributed by atoms with Gasteiger partial charge in [-0.05, 0) is 10.7 Å². The standard InChI is InChI=1S/ClH2NO2S2/c1-5-2-6(3)4/h6H,(H,2,3,4). The van der Waals surface area contributed by atoms with Crippen molar-refractivity contribution in [1.29, 1.82) is 0 Å². The maximum atomic E-state index is 9.42. The van der Waals surface area contributed by atoms with Crippen molar-refractivity contribution in [1.82, 2.24) is 4.13 Å². The van der Waals surface area contributed by atoms with E-state index in [4.69, 9.17) is 10.7 Å². The van der Waals surface area contributed by atoms with Crippen molar-refractivity contribution in [2.24, 2.45) is 0 Å². The van der Waals surface area contributed by atoms with Crippen LogP contribution in [0.2, 0.25) is 0 Å². The quantitative estimate of drug-likeness (QED) is 0.424. The molecule has 0 aromatic rings. The van der Waals surface area contributed by atoms with Gasteiger partial charge in [0.05, 0.1) is 0 Å². The number of nitrogens with one attached hydrogen (secondary N) is 1. The lowest BCUT2D eigenvalue weighted by molar-refractivity contribution is 0.613. The molecule has 0 unspecified atom stereocenters. The van der Waals surface area contributed by atoms with Crippen LogP contribution in [0, 0.1) is 0 Å². The van der Waals surface area contributed by atoms with Crippen LogP contribution in [-0.2, 0) is 10.9 Å². The zero-order valence-corrected chi connectivity index (χ0v) is 5.02. The largest absolute Gasteiger partial charge is 0.215 e. The fraction of sp³-hybridized carbons (Fsp3) is 0. The van der Waals surface area contributed by atoms with Crippen molar-refractivity contribution >= 4 is 32.7 Å². The first-order chi connectivity index (χ1) is 2.77. The molecule has 6 heteroatoms. The molecule has 0 aromatic heterocycles. The summed E-state index contributed by atoms with van der Waals surface area (Å²) in [6, 6.07) is 0. The highest BCUT2D eigenvalue weighted by Crippen LogP contribution is 1.95. The molecule has 0 rings (SSSR count). The van der Waals surface area contributed by atoms with Crippen molar-refractivity contribution in [3.8, 4) is 0 Å². The Labute approximate surface area is 45.8 Å². The Kier molecular flexibility index (Phi) is 4.07. The fourth-order valence-electron chi connectivity index (χ4n) is 0.0282. The van der Waals surface area contributed by atoms with Crippen LogP contribution in [0.4, 0.5) is 0 Å². The Hall–Kier alpha value is 0.550. The van der Waals surface area contributed by atoms with Gasteiger partial charge >= 0.3 is 0 Å². The molecule has 0 fully saturated rings. The van der Waals surface area contributed by atoms with Crippen molar-refractivity contribution in [3.05, 3.63) is 0 Å². The minimum Gasteiger partial charge on any atom is -0.215 e. The molecule has 0 aliphatic carbocycles. The Balaban J connectivity index is 3.07. The highest BCUT2D eigenvalue weighted by atomic mass is 35.7. The molecule has 0 saturated carbocycles. The van der Waals surface area contributed by atoms with Crippen molar-refractivity contribution in [2.45, 2.75) is 0 Å². The second-order valence-electron chi connectivity index (χ2n) is 0.426. The Morgan fingerprint density at radius 2 is 2.17 bits per heavy atom. The van der Waals surface area contributed by atoms with Crippen LogP contribution in [0.15, 0.2) is 0 Å². The lowest BCUT2D eigenvalue weighted by Crippen LogP contribution is -1.93. The van der Waals surface area contributed by atoms with Crippen molar-refractivity contribution < 1.29 is 8.42 Å². The van der Waals surface area contributed by atoms with Crippen molar-refractivity contribution in [3.63, 3.8) is 0 Å². The van der Waals surface area contributed by atoms with E-state index < -0.39 is 10.9 Å². The van der Waals surface area contributed by atoms with Crippen LogP contribution in [0.25, 0.3) is 0 Å². The third-order valence-corrected chi connectivity index (χ3v) is 1.60. The van der Waals surface area contributed by atoms with E-state index in [9.17, 15) is 8.42 Å². The number of rotatable bonds is 2. The fourth-order valence-corrected chi connectivity index (χ4v) is 0.761. The van der Waals surface area contributed by atoms with E-state index in [1.165, 1.54) is 0 Å². The summed E-state index contributed by atoms with van der Waals surface area (Å²) in [4.78, 5) is 0. The second kappa shape index (κ2) is 3.73. The van der Waals surface area contributed by atoms with Gasteiger partial charge in [0.1, 0.15) is 0 Å². The number of thiol groups is 1. The summed E-state index contributed by atoms with van der Waals surface area (Å²) in [6.45, 7) is 0. The molecular weight excluding hydrogens is 146 g/mol. The molecule has 0 radical (unpaired) electrons. The molecule has 6 heavy (non-hydrogen) atoms. The van der Waals surface area contributed by atoms with Crippen LogP contribution in [0.3, 0.4) is 0 Å². The van der Waals surface area contributed by atoms with Gasteiger partial charge < -0.3 is 0 Å². The summed E-state index contributed by atoms with van der Waals surface area (Å²) in [5.41, 5.74) is 0. The zero-order chi connectivity index (χ0) is 4.99. The molecule has 0 aromatic carbocycles. The van der Waals surface area contributed by atoms with E-state index in [1.54, 1.807) is 0 Å². The minimum atomic E-state index is -2.52. The zero-order valence-electron chi connectivity index (χ0n) is 2.55. The van der Waals surface area contributed by atoms with E-state index in [-0.39, 0.29) is 0 Å². The third-order valence-electron chi connectivity index (χ3n) is 0.109. The summed E-state index contributed by atoms with van der Waals surface area (Å²) >= 11 is 0.536. The Morgan fingerprint density at radius 3 is 2.17 bits per heavy atom. The maximum Gasteiger partial charge on any atom is 0.211 e. The van der Waals surface area contributed by atoms with Crippen LogP contribution in [0.1, 0.15) is 0 Å². The Morgan fingerprint density at radius 1 is 1.67 bits per heavy atom. The molecule has 0 saturated heterocycles. The van der Waals surface area contributed by atoms with E-state index in [0.29, 0.717) is 11.2 Å². The molecule has 0 heterocycles. The van der Waals surface area contributed by atoms with Crippen LogP contribution < -0.4 is 4.13 Å². The normalized spacial score (nSPS) is 9.67. The van der Waals surface area contributed by atoms with Gasteiger partial charge in [0.2, 0.25) is 10.9 Å². The molecule has 0 aliphatic rings. The van der Waals surface area contributed by atoms with Gasteiger partial charge in [-0.15, -0.1) is 4.13 Å². The van der Waals surface area contributed by atoms with Crippen LogP contribution in [0.5, 0.6) is 0 Å². The minimum absolute atomic E-state index is 0.536. The molecule has 3 nitrogen and oxygen atoms in total. The average Bonchev–Trinajstić information content (AvgIpc) is 1.35. The van der Waals surface area contributed by atoms with Crippen LogP contribution >= 0.6 is 21.8 Å². The average molecular weight is 148 g/mol. The van der Waals surface area contributed by atoms with Gasteiger partial charge in [0.15, 0.2) is 0 Å². The summed E-state index contributed by atoms with van der Waals surface area (Å²) in [5, 5.41) is 0. The molecule has 1 N–H and O–H groups in total. The predicted octanol–water partition coefficient (Wildman–Crippen LogP) is -0.0956. The lowest BCUT2D eigenvalue weighted by Gasteiger charge is -1.74. The molecule has 0 amide bonds. The summed E-state index contributed by atoms with van der Waals surface area (Å²) in [6.07, 6.45) is 0. The van der Waals surface area contributed by atoms with E-state index in [0.717, 1.165) is 0 Å². The summed E-state index contributed by atoms with van der Waals surface area (Å²) < 4.78 is 20.7. The van der Waals surface area contributed by atoms with Gasteiger partial charge in [-0.1, -0.05) is 0 Å². The van der Waals surface area contributed by atoms with Gasteiger partial charge in [0, 0.05) is 11.2 Å². The van der Waals surface area contributed by atoms with Crippen LogP contribution in [-0.4, -0.2) is 8.42 Å². The first-order valence-corrected chi connectivity index (χ1v) is 3.77. The second-order valence-corrected chi connectivity index (χ2v) is 2.29. The summed E-state index contributed by atoms with van der Waals surface area (Å²) in [7, 11) is 2.30. The first kappa shape index (κ1) is 6.55. The molecular formula is H2ClNO2S2. The van der Waals surface area contributed by atoms with E-state index in [2.05, 4.69) is 0 Å². The number of hydrogen-bond donors (Lipinski definition) is 2. The topological polar surface area (TPSA) is 46.2 Å². The molecule has 0 aliphatic heterocycles. The molecule has 0 atom stereocenters. The van der Waals surface area contributed by atoms with Gasteiger partial charge in [0.25, 0.3) is 0 Å². The monoisotopic (exact) mass is 147 g/mol. The lowest BCUT2D eigenvalue weighted by atomic mass is 13.9. The maximum absolute atomic E-state index is 9.42. The first-order valence-electron chi connectivity index (χ1n) is 0.947. The third kappa shape index (κ3) is 4.55. The number of halogens is 1. The highest BCUT2D eigenvalue weighted by molar-refractivity contribution is 8.23. The SMILES string of the molecule is O=[SH](=O)NSCl. The highest BCUT2D eigenvalue weighted by Gasteiger charge is 1.74. The van der Waals surface area contributed by atoms with Gasteiger partial charge in [-0.3, -0.25) is 0 Å². The molecule has 38 valence electrons. The predicted molar refractivity (Wildman–Crippen MR) is 26.9 cm³/mol. The molecule has 0 bridgehead atoms. The van der Waals surface area contributed by atoms with E-state index in [1.807, 2.05) is 4.13 Å². The summed E-state index contributed by atoms with van der Waals surface area (Å²) in [5.74, 6) is 0. The van der Waals surface area contributed by atoms with E-state index >= 15 is 0 Å². The van der Waals surface area contributed by atoms with Crippen molar-refractivity contribution in [2.75, 3.05) is 0 Å². The van der Waals surface area contributed by atoms with Gasteiger partial charge in [-0.25, -0.2) is 8.42 Å².